The number of methoxy groups -OCH3 is 1. The van der Waals surface area contributed by atoms with E-state index >= 15 is 0 Å². The van der Waals surface area contributed by atoms with E-state index in [-0.39, 0.29) is 18.9 Å². The first kappa shape index (κ1) is 21.6. The number of nitrogens with one attached hydrogen (secondary N) is 1. The van der Waals surface area contributed by atoms with Crippen LogP contribution < -0.4 is 15.0 Å². The highest BCUT2D eigenvalue weighted by Gasteiger charge is 2.16. The molecule has 30 heavy (non-hydrogen) atoms. The Kier molecular flexibility index (Phi) is 7.68. The molecule has 1 aliphatic heterocycles. The van der Waals surface area contributed by atoms with Crippen LogP contribution in [-0.4, -0.2) is 63.2 Å². The van der Waals surface area contributed by atoms with Crippen molar-refractivity contribution in [2.45, 2.75) is 13.3 Å². The molecule has 0 unspecified atom stereocenters. The highest BCUT2D eigenvalue weighted by molar-refractivity contribution is 5.93. The summed E-state index contributed by atoms with van der Waals surface area (Å²) in [7, 11) is 1.59. The van der Waals surface area contributed by atoms with Gasteiger partial charge in [-0.2, -0.15) is 0 Å². The van der Waals surface area contributed by atoms with Crippen molar-refractivity contribution in [1.82, 2.24) is 4.90 Å². The molecule has 0 saturated carbocycles. The van der Waals surface area contributed by atoms with Crippen molar-refractivity contribution in [2.75, 3.05) is 56.7 Å². The maximum Gasteiger partial charge on any atom is 0.310 e. The number of esters is 1. The number of anilines is 2. The van der Waals surface area contributed by atoms with Gasteiger partial charge in [-0.05, 0) is 48.5 Å². The molecule has 1 saturated heterocycles. The molecule has 1 aliphatic rings. The van der Waals surface area contributed by atoms with Gasteiger partial charge in [0.2, 0.25) is 0 Å². The molecule has 1 amide bonds. The largest absolute Gasteiger partial charge is 0.497 e. The van der Waals surface area contributed by atoms with Crippen LogP contribution in [0, 0.1) is 0 Å². The lowest BCUT2D eigenvalue weighted by atomic mass is 10.1. The van der Waals surface area contributed by atoms with Gasteiger partial charge < -0.3 is 24.6 Å². The molecule has 7 nitrogen and oxygen atoms in total. The van der Waals surface area contributed by atoms with Crippen molar-refractivity contribution < 1.29 is 19.1 Å². The van der Waals surface area contributed by atoms with Gasteiger partial charge in [0.25, 0.3) is 5.91 Å². The lowest BCUT2D eigenvalue weighted by Crippen LogP contribution is -2.46. The van der Waals surface area contributed by atoms with Crippen LogP contribution in [-0.2, 0) is 20.7 Å². The van der Waals surface area contributed by atoms with E-state index in [1.165, 1.54) is 0 Å². The molecule has 3 rings (SSSR count). The fourth-order valence-corrected chi connectivity index (χ4v) is 3.38. The monoisotopic (exact) mass is 411 g/mol. The van der Waals surface area contributed by atoms with Crippen LogP contribution in [0.25, 0.3) is 0 Å². The molecule has 0 spiro atoms. The molecular formula is C23H29N3O4. The van der Waals surface area contributed by atoms with Crippen LogP contribution >= 0.6 is 0 Å². The van der Waals surface area contributed by atoms with Gasteiger partial charge in [0, 0.05) is 37.6 Å². The summed E-state index contributed by atoms with van der Waals surface area (Å²) in [5.74, 6) is -0.0833. The number of carbonyl (C=O) groups is 2. The third-order valence-corrected chi connectivity index (χ3v) is 5.21. The fraction of sp³-hybridized carbons (Fsp3) is 0.391. The Labute approximate surface area is 177 Å². The van der Waals surface area contributed by atoms with Gasteiger partial charge in [0.15, 0.2) is 6.61 Å². The molecule has 0 radical (unpaired) electrons. The Bertz CT molecular complexity index is 829. The molecule has 1 heterocycles. The minimum absolute atomic E-state index is 0.108. The first-order valence-electron chi connectivity index (χ1n) is 10.2. The van der Waals surface area contributed by atoms with E-state index in [1.54, 1.807) is 31.4 Å². The quantitative estimate of drug-likeness (QED) is 0.674. The molecule has 1 N–H and O–H groups in total. The second-order valence-corrected chi connectivity index (χ2v) is 7.20. The average Bonchev–Trinajstić information content (AvgIpc) is 2.79. The third kappa shape index (κ3) is 6.22. The molecule has 0 aromatic heterocycles. The van der Waals surface area contributed by atoms with Crippen LogP contribution in [0.5, 0.6) is 5.75 Å². The Balaban J connectivity index is 1.41. The lowest BCUT2D eigenvalue weighted by Gasteiger charge is -2.35. The summed E-state index contributed by atoms with van der Waals surface area (Å²) >= 11 is 0. The topological polar surface area (TPSA) is 71.1 Å². The minimum Gasteiger partial charge on any atom is -0.497 e. The molecule has 0 atom stereocenters. The molecule has 2 aromatic carbocycles. The SMILES string of the molecule is CCN1CCN(c2ccc(NC(=O)COC(=O)Cc3ccc(OC)cc3)cc2)CC1. The van der Waals surface area contributed by atoms with E-state index < -0.39 is 5.97 Å². The zero-order valence-electron chi connectivity index (χ0n) is 17.6. The minimum atomic E-state index is -0.447. The van der Waals surface area contributed by atoms with E-state index in [4.69, 9.17) is 9.47 Å². The molecule has 0 bridgehead atoms. The van der Waals surface area contributed by atoms with Gasteiger partial charge >= 0.3 is 5.97 Å². The van der Waals surface area contributed by atoms with Gasteiger partial charge in [-0.15, -0.1) is 0 Å². The van der Waals surface area contributed by atoms with Gasteiger partial charge in [0.1, 0.15) is 5.75 Å². The number of hydrogen-bond donors (Lipinski definition) is 1. The van der Waals surface area contributed by atoms with E-state index in [9.17, 15) is 9.59 Å². The number of likely N-dealkylation sites (N-methyl/N-ethyl adjacent to an activating group) is 1. The Morgan fingerprint density at radius 3 is 2.23 bits per heavy atom. The average molecular weight is 412 g/mol. The number of piperazine rings is 1. The Morgan fingerprint density at radius 2 is 1.63 bits per heavy atom. The van der Waals surface area contributed by atoms with Crippen molar-refractivity contribution in [2.24, 2.45) is 0 Å². The second kappa shape index (κ2) is 10.6. The molecule has 160 valence electrons. The zero-order chi connectivity index (χ0) is 21.3. The van der Waals surface area contributed by atoms with Crippen LogP contribution in [0.2, 0.25) is 0 Å². The van der Waals surface area contributed by atoms with Crippen molar-refractivity contribution in [3.63, 3.8) is 0 Å². The third-order valence-electron chi connectivity index (χ3n) is 5.21. The number of hydrogen-bond acceptors (Lipinski definition) is 6. The number of benzene rings is 2. The van der Waals surface area contributed by atoms with Crippen LogP contribution in [0.1, 0.15) is 12.5 Å². The predicted molar refractivity (Wildman–Crippen MR) is 117 cm³/mol. The van der Waals surface area contributed by atoms with E-state index in [0.717, 1.165) is 49.7 Å². The van der Waals surface area contributed by atoms with Crippen molar-refractivity contribution in [1.29, 1.82) is 0 Å². The maximum absolute atomic E-state index is 12.1. The summed E-state index contributed by atoms with van der Waals surface area (Å²) in [5, 5.41) is 2.76. The first-order valence-corrected chi connectivity index (χ1v) is 10.2. The summed E-state index contributed by atoms with van der Waals surface area (Å²) < 4.78 is 10.2. The second-order valence-electron chi connectivity index (χ2n) is 7.20. The lowest BCUT2D eigenvalue weighted by molar-refractivity contribution is -0.146. The van der Waals surface area contributed by atoms with E-state index in [0.29, 0.717) is 5.69 Å². The van der Waals surface area contributed by atoms with Gasteiger partial charge in [-0.25, -0.2) is 0 Å². The molecular weight excluding hydrogens is 382 g/mol. The highest BCUT2D eigenvalue weighted by Crippen LogP contribution is 2.19. The van der Waals surface area contributed by atoms with Crippen molar-refractivity contribution >= 4 is 23.3 Å². The van der Waals surface area contributed by atoms with Crippen LogP contribution in [0.3, 0.4) is 0 Å². The van der Waals surface area contributed by atoms with Crippen LogP contribution in [0.4, 0.5) is 11.4 Å². The summed E-state index contributed by atoms with van der Waals surface area (Å²) in [6.07, 6.45) is 0.108. The summed E-state index contributed by atoms with van der Waals surface area (Å²) in [4.78, 5) is 28.8. The molecule has 7 heteroatoms. The van der Waals surface area contributed by atoms with Crippen molar-refractivity contribution in [3.8, 4) is 5.75 Å². The molecule has 0 aliphatic carbocycles. The smallest absolute Gasteiger partial charge is 0.310 e. The normalized spacial score (nSPS) is 14.3. The maximum atomic E-state index is 12.1. The number of ether oxygens (including phenoxy) is 2. The summed E-state index contributed by atoms with van der Waals surface area (Å²) in [6, 6.07) is 14.9. The summed E-state index contributed by atoms with van der Waals surface area (Å²) in [6.45, 7) is 7.10. The highest BCUT2D eigenvalue weighted by atomic mass is 16.5. The van der Waals surface area contributed by atoms with E-state index in [1.807, 2.05) is 24.3 Å². The Morgan fingerprint density at radius 1 is 0.967 bits per heavy atom. The van der Waals surface area contributed by atoms with Crippen molar-refractivity contribution in [3.05, 3.63) is 54.1 Å². The standard InChI is InChI=1S/C23H29N3O4/c1-3-25-12-14-26(15-13-25)20-8-6-19(7-9-20)24-22(27)17-30-23(28)16-18-4-10-21(29-2)11-5-18/h4-11H,3,12-17H2,1-2H3,(H,24,27). The van der Waals surface area contributed by atoms with Crippen LogP contribution in [0.15, 0.2) is 48.5 Å². The predicted octanol–water partition coefficient (Wildman–Crippen LogP) is 2.56. The fourth-order valence-electron chi connectivity index (χ4n) is 3.38. The number of carbonyl (C=O) groups excluding carboxylic acids is 2. The number of amides is 1. The summed E-state index contributed by atoms with van der Waals surface area (Å²) in [5.41, 5.74) is 2.63. The number of nitrogens with zero attached hydrogens (tertiary/aromatic N) is 2. The van der Waals surface area contributed by atoms with Gasteiger partial charge in [0.05, 0.1) is 13.5 Å². The van der Waals surface area contributed by atoms with Gasteiger partial charge in [-0.3, -0.25) is 9.59 Å². The van der Waals surface area contributed by atoms with E-state index in [2.05, 4.69) is 22.0 Å². The van der Waals surface area contributed by atoms with Gasteiger partial charge in [-0.1, -0.05) is 19.1 Å². The Hall–Kier alpha value is -3.06. The number of rotatable bonds is 8. The molecule has 2 aromatic rings. The molecule has 1 fully saturated rings. The first-order chi connectivity index (χ1) is 14.6. The zero-order valence-corrected chi connectivity index (χ0v) is 17.6.